The number of fused-ring (bicyclic) bond motifs is 1. The number of benzene rings is 1. The van der Waals surface area contributed by atoms with Gasteiger partial charge in [0, 0.05) is 17.7 Å². The Morgan fingerprint density at radius 3 is 2.74 bits per heavy atom. The van der Waals surface area contributed by atoms with E-state index in [1.165, 1.54) is 37.4 Å². The molecule has 2 aliphatic carbocycles. The number of methoxy groups -OCH3 is 1. The molecule has 1 aromatic rings. The van der Waals surface area contributed by atoms with Crippen molar-refractivity contribution in [2.75, 3.05) is 14.2 Å². The monoisotopic (exact) mass is 437 g/mol. The molecule has 6 heteroatoms. The molecule has 0 aromatic heterocycles. The molecule has 3 aliphatic rings. The second-order valence-corrected chi connectivity index (χ2v) is 9.42. The lowest BCUT2D eigenvalue weighted by Gasteiger charge is -2.22. The van der Waals surface area contributed by atoms with Gasteiger partial charge in [0.2, 0.25) is 5.71 Å². The average Bonchev–Trinajstić information content (AvgIpc) is 3.06. The van der Waals surface area contributed by atoms with Crippen molar-refractivity contribution in [3.63, 3.8) is 0 Å². The van der Waals surface area contributed by atoms with Gasteiger partial charge in [-0.05, 0) is 36.6 Å². The van der Waals surface area contributed by atoms with Crippen molar-refractivity contribution in [2.45, 2.75) is 49.8 Å². The molecule has 0 radical (unpaired) electrons. The van der Waals surface area contributed by atoms with Gasteiger partial charge < -0.3 is 10.1 Å². The van der Waals surface area contributed by atoms with E-state index in [9.17, 15) is 9.59 Å². The van der Waals surface area contributed by atoms with E-state index in [1.54, 1.807) is 18.7 Å². The minimum Gasteiger partial charge on any atom is -0.497 e. The van der Waals surface area contributed by atoms with Gasteiger partial charge in [0.25, 0.3) is 5.91 Å². The number of rotatable bonds is 4. The number of hydrogen-bond acceptors (Lipinski definition) is 4. The summed E-state index contributed by atoms with van der Waals surface area (Å²) in [6.45, 7) is 0. The Hall–Kier alpha value is -2.60. The minimum atomic E-state index is -0.0610. The van der Waals surface area contributed by atoms with Crippen LogP contribution in [0.3, 0.4) is 0 Å². The predicted molar refractivity (Wildman–Crippen MR) is 125 cm³/mol. The van der Waals surface area contributed by atoms with Gasteiger partial charge in [0.15, 0.2) is 0 Å². The zero-order valence-corrected chi connectivity index (χ0v) is 18.9. The summed E-state index contributed by atoms with van der Waals surface area (Å²) in [4.78, 5) is 26.5. The first kappa shape index (κ1) is 21.6. The molecular weight excluding hydrogens is 408 g/mol. The van der Waals surface area contributed by atoms with Gasteiger partial charge in [0.1, 0.15) is 23.0 Å². The first-order valence-electron chi connectivity index (χ1n) is 10.9. The maximum absolute atomic E-state index is 13.0. The van der Waals surface area contributed by atoms with Crippen LogP contribution >= 0.6 is 11.8 Å². The van der Waals surface area contributed by atoms with E-state index in [-0.39, 0.29) is 23.1 Å². The highest BCUT2D eigenvalue weighted by molar-refractivity contribution is 8.05. The van der Waals surface area contributed by atoms with E-state index in [4.69, 9.17) is 4.74 Å². The van der Waals surface area contributed by atoms with Crippen LogP contribution in [0.25, 0.3) is 6.08 Å². The maximum atomic E-state index is 13.0. The summed E-state index contributed by atoms with van der Waals surface area (Å²) >= 11 is 1.52. The summed E-state index contributed by atoms with van der Waals surface area (Å²) in [6, 6.07) is 7.91. The molecule has 5 nitrogen and oxygen atoms in total. The SMILES string of the molecule is COc1cccc(/C=C2\SC3C=CC(C(=O)NC4CCCCCC4)=CC3=[N+](C)C2=O)c1. The Morgan fingerprint density at radius 2 is 2.00 bits per heavy atom. The van der Waals surface area contributed by atoms with E-state index >= 15 is 0 Å². The van der Waals surface area contributed by atoms with Crippen LogP contribution in [-0.4, -0.2) is 47.6 Å². The number of hydrogen-bond donors (Lipinski definition) is 1. The number of allylic oxidation sites excluding steroid dienone is 1. The zero-order chi connectivity index (χ0) is 21.8. The lowest BCUT2D eigenvalue weighted by Crippen LogP contribution is -2.39. The molecule has 1 aromatic carbocycles. The molecular formula is C25H29N2O3S+. The summed E-state index contributed by atoms with van der Waals surface area (Å²) in [6.07, 6.45) is 14.6. The Balaban J connectivity index is 1.53. The summed E-state index contributed by atoms with van der Waals surface area (Å²) < 4.78 is 6.94. The summed E-state index contributed by atoms with van der Waals surface area (Å²) in [7, 11) is 3.41. The van der Waals surface area contributed by atoms with Gasteiger partial charge in [-0.1, -0.05) is 61.7 Å². The van der Waals surface area contributed by atoms with Crippen LogP contribution in [0.1, 0.15) is 44.1 Å². The molecule has 0 bridgehead atoms. The van der Waals surface area contributed by atoms with Gasteiger partial charge in [-0.25, -0.2) is 4.79 Å². The third-order valence-corrected chi connectivity index (χ3v) is 7.25. The molecule has 2 amide bonds. The number of nitrogens with one attached hydrogen (secondary N) is 1. The van der Waals surface area contributed by atoms with Crippen LogP contribution in [-0.2, 0) is 9.59 Å². The van der Waals surface area contributed by atoms with Crippen molar-refractivity contribution in [2.24, 2.45) is 0 Å². The summed E-state index contributed by atoms with van der Waals surface area (Å²) in [5.74, 6) is 0.653. The molecule has 1 saturated carbocycles. The normalized spacial score (nSPS) is 23.3. The molecule has 31 heavy (non-hydrogen) atoms. The second-order valence-electron chi connectivity index (χ2n) is 8.23. The van der Waals surface area contributed by atoms with Crippen molar-refractivity contribution in [1.82, 2.24) is 5.32 Å². The van der Waals surface area contributed by atoms with Crippen molar-refractivity contribution in [1.29, 1.82) is 0 Å². The Kier molecular flexibility index (Phi) is 6.76. The van der Waals surface area contributed by atoms with Crippen LogP contribution in [0.4, 0.5) is 0 Å². The second kappa shape index (κ2) is 9.69. The average molecular weight is 438 g/mol. The smallest absolute Gasteiger partial charge is 0.425 e. The molecule has 0 spiro atoms. The Labute approximate surface area is 187 Å². The third kappa shape index (κ3) is 5.01. The number of amides is 2. The lowest BCUT2D eigenvalue weighted by atomic mass is 10.0. The van der Waals surface area contributed by atoms with Crippen LogP contribution in [0, 0.1) is 0 Å². The lowest BCUT2D eigenvalue weighted by molar-refractivity contribution is -0.413. The quantitative estimate of drug-likeness (QED) is 0.438. The van der Waals surface area contributed by atoms with Crippen LogP contribution in [0.15, 0.2) is 53.0 Å². The molecule has 4 rings (SSSR count). The van der Waals surface area contributed by atoms with Gasteiger partial charge in [-0.2, -0.15) is 4.58 Å². The maximum Gasteiger partial charge on any atom is 0.425 e. The predicted octanol–water partition coefficient (Wildman–Crippen LogP) is 4.10. The summed E-state index contributed by atoms with van der Waals surface area (Å²) in [5.41, 5.74) is 2.40. The van der Waals surface area contributed by atoms with Crippen LogP contribution < -0.4 is 10.1 Å². The fourth-order valence-corrected chi connectivity index (χ4v) is 5.47. The molecule has 1 unspecified atom stereocenters. The molecule has 0 saturated heterocycles. The number of nitrogens with zero attached hydrogens (tertiary/aromatic N) is 1. The van der Waals surface area contributed by atoms with E-state index in [1.807, 2.05) is 48.6 Å². The highest BCUT2D eigenvalue weighted by atomic mass is 32.2. The van der Waals surface area contributed by atoms with E-state index < -0.39 is 0 Å². The molecule has 1 fully saturated rings. The first-order valence-corrected chi connectivity index (χ1v) is 11.8. The molecule has 1 heterocycles. The van der Waals surface area contributed by atoms with Crippen LogP contribution in [0.5, 0.6) is 5.75 Å². The number of carbonyl (C=O) groups is 2. The van der Waals surface area contributed by atoms with Crippen molar-refractivity contribution >= 4 is 35.4 Å². The highest BCUT2D eigenvalue weighted by Gasteiger charge is 2.38. The standard InChI is InChI=1S/C25H28N2O3S/c1-27-21-16-18(24(28)26-19-9-5-3-4-6-10-19)12-13-22(21)31-23(25(27)29)15-17-8-7-11-20(14-17)30-2/h7-8,11-16,19,22H,3-6,9-10H2,1-2H3/p+1/b23-15-. The first-order chi connectivity index (χ1) is 15.0. The molecule has 1 atom stereocenters. The zero-order valence-electron chi connectivity index (χ0n) is 18.1. The van der Waals surface area contributed by atoms with E-state index in [0.29, 0.717) is 10.5 Å². The minimum absolute atomic E-state index is 0.00832. The summed E-state index contributed by atoms with van der Waals surface area (Å²) in [5, 5.41) is 3.21. The van der Waals surface area contributed by atoms with Gasteiger partial charge in [0.05, 0.1) is 7.11 Å². The van der Waals surface area contributed by atoms with Crippen molar-refractivity contribution < 1.29 is 18.9 Å². The van der Waals surface area contributed by atoms with Gasteiger partial charge in [-0.3, -0.25) is 4.79 Å². The van der Waals surface area contributed by atoms with E-state index in [0.717, 1.165) is 29.9 Å². The highest BCUT2D eigenvalue weighted by Crippen LogP contribution is 2.34. The van der Waals surface area contributed by atoms with Gasteiger partial charge in [-0.15, -0.1) is 0 Å². The molecule has 1 N–H and O–H groups in total. The fourth-order valence-electron chi connectivity index (χ4n) is 4.25. The Bertz CT molecular complexity index is 998. The van der Waals surface area contributed by atoms with Gasteiger partial charge >= 0.3 is 5.91 Å². The number of carbonyl (C=O) groups excluding carboxylic acids is 2. The van der Waals surface area contributed by atoms with Crippen LogP contribution in [0.2, 0.25) is 0 Å². The Morgan fingerprint density at radius 1 is 1.23 bits per heavy atom. The van der Waals surface area contributed by atoms with Crippen molar-refractivity contribution in [3.05, 3.63) is 58.5 Å². The number of thioether (sulfide) groups is 1. The number of ether oxygens (including phenoxy) is 1. The fraction of sp³-hybridized carbons (Fsp3) is 0.400. The van der Waals surface area contributed by atoms with Crippen molar-refractivity contribution in [3.8, 4) is 5.75 Å². The van der Waals surface area contributed by atoms with E-state index in [2.05, 4.69) is 5.32 Å². The molecule has 162 valence electrons. The largest absolute Gasteiger partial charge is 0.497 e. The topological polar surface area (TPSA) is 58.4 Å². The third-order valence-electron chi connectivity index (χ3n) is 6.05. The number of likely N-dealkylation sites (N-methyl/N-ethyl adjacent to an activating group) is 1. The molecule has 1 aliphatic heterocycles.